The van der Waals surface area contributed by atoms with Crippen LogP contribution in [0.5, 0.6) is 0 Å². The van der Waals surface area contributed by atoms with Crippen LogP contribution in [0.15, 0.2) is 16.5 Å². The maximum absolute atomic E-state index is 5.76. The number of nitrogens with zero attached hydrogens (tertiary/aromatic N) is 1. The van der Waals surface area contributed by atoms with Crippen molar-refractivity contribution in [1.29, 1.82) is 0 Å². The van der Waals surface area contributed by atoms with Crippen LogP contribution in [-0.2, 0) is 6.54 Å². The first-order valence-electron chi connectivity index (χ1n) is 5.98. The van der Waals surface area contributed by atoms with Crippen molar-refractivity contribution in [3.8, 4) is 0 Å². The summed E-state index contributed by atoms with van der Waals surface area (Å²) in [5.41, 5.74) is 0. The Morgan fingerprint density at radius 1 is 1.56 bits per heavy atom. The second-order valence-electron chi connectivity index (χ2n) is 4.38. The van der Waals surface area contributed by atoms with Gasteiger partial charge in [0, 0.05) is 25.7 Å². The standard InChI is InChI=1S/C12H19ClN2O/c1-2-3-10-8-15(7-6-14-10)9-11-4-5-12(13)16-11/h4-5,10,14H,2-3,6-9H2,1H3. The molecule has 1 aliphatic heterocycles. The fraction of sp³-hybridized carbons (Fsp3) is 0.667. The smallest absolute Gasteiger partial charge is 0.193 e. The van der Waals surface area contributed by atoms with E-state index in [-0.39, 0.29) is 0 Å². The van der Waals surface area contributed by atoms with Crippen LogP contribution in [0, 0.1) is 0 Å². The van der Waals surface area contributed by atoms with Gasteiger partial charge < -0.3 is 9.73 Å². The molecule has 1 N–H and O–H groups in total. The summed E-state index contributed by atoms with van der Waals surface area (Å²) >= 11 is 5.76. The molecule has 90 valence electrons. The molecule has 16 heavy (non-hydrogen) atoms. The van der Waals surface area contributed by atoms with Crippen molar-refractivity contribution in [2.45, 2.75) is 32.4 Å². The molecule has 4 heteroatoms. The zero-order chi connectivity index (χ0) is 11.4. The Bertz CT molecular complexity index is 325. The fourth-order valence-electron chi connectivity index (χ4n) is 2.24. The van der Waals surface area contributed by atoms with E-state index >= 15 is 0 Å². The molecule has 2 rings (SSSR count). The Kier molecular flexibility index (Phi) is 4.27. The van der Waals surface area contributed by atoms with Crippen LogP contribution in [0.2, 0.25) is 5.22 Å². The quantitative estimate of drug-likeness (QED) is 0.880. The number of hydrogen-bond donors (Lipinski definition) is 1. The molecule has 0 aromatic carbocycles. The molecule has 0 spiro atoms. The maximum Gasteiger partial charge on any atom is 0.193 e. The van der Waals surface area contributed by atoms with Gasteiger partial charge in [-0.1, -0.05) is 13.3 Å². The average molecular weight is 243 g/mol. The second-order valence-corrected chi connectivity index (χ2v) is 4.75. The van der Waals surface area contributed by atoms with Gasteiger partial charge in [0.05, 0.1) is 6.54 Å². The van der Waals surface area contributed by atoms with Crippen molar-refractivity contribution < 1.29 is 4.42 Å². The number of rotatable bonds is 4. The molecule has 1 atom stereocenters. The van der Waals surface area contributed by atoms with Gasteiger partial charge in [0.25, 0.3) is 0 Å². The Labute approximate surface area is 102 Å². The molecule has 1 aliphatic rings. The second kappa shape index (κ2) is 5.71. The molecule has 0 radical (unpaired) electrons. The van der Waals surface area contributed by atoms with E-state index in [1.165, 1.54) is 12.8 Å². The Hall–Kier alpha value is -0.510. The summed E-state index contributed by atoms with van der Waals surface area (Å²) in [4.78, 5) is 2.42. The number of furan rings is 1. The third-order valence-electron chi connectivity index (χ3n) is 2.99. The molecule has 0 saturated carbocycles. The summed E-state index contributed by atoms with van der Waals surface area (Å²) in [5, 5.41) is 4.02. The summed E-state index contributed by atoms with van der Waals surface area (Å²) in [5.74, 6) is 0.960. The minimum Gasteiger partial charge on any atom is -0.448 e. The first-order chi connectivity index (χ1) is 7.78. The van der Waals surface area contributed by atoms with E-state index in [1.54, 1.807) is 0 Å². The van der Waals surface area contributed by atoms with Gasteiger partial charge in [0.1, 0.15) is 5.76 Å². The van der Waals surface area contributed by atoms with Crippen LogP contribution < -0.4 is 5.32 Å². The lowest BCUT2D eigenvalue weighted by Crippen LogP contribution is -2.50. The van der Waals surface area contributed by atoms with E-state index in [2.05, 4.69) is 17.1 Å². The molecule has 0 aliphatic carbocycles. The number of halogens is 1. The van der Waals surface area contributed by atoms with Crippen LogP contribution in [0.1, 0.15) is 25.5 Å². The van der Waals surface area contributed by atoms with E-state index in [9.17, 15) is 0 Å². The van der Waals surface area contributed by atoms with Crippen LogP contribution >= 0.6 is 11.6 Å². The molecule has 1 aromatic rings. The lowest BCUT2D eigenvalue weighted by Gasteiger charge is -2.33. The van der Waals surface area contributed by atoms with Crippen LogP contribution in [0.4, 0.5) is 0 Å². The van der Waals surface area contributed by atoms with Crippen LogP contribution in [0.25, 0.3) is 0 Å². The first-order valence-corrected chi connectivity index (χ1v) is 6.35. The third-order valence-corrected chi connectivity index (χ3v) is 3.19. The van der Waals surface area contributed by atoms with Crippen LogP contribution in [-0.4, -0.2) is 30.6 Å². The molecule has 0 bridgehead atoms. The molecular formula is C12H19ClN2O. The SMILES string of the molecule is CCCC1CN(Cc2ccc(Cl)o2)CCN1. The summed E-state index contributed by atoms with van der Waals surface area (Å²) < 4.78 is 5.38. The van der Waals surface area contributed by atoms with Gasteiger partial charge in [-0.3, -0.25) is 4.90 Å². The molecule has 2 heterocycles. The monoisotopic (exact) mass is 242 g/mol. The molecule has 1 unspecified atom stereocenters. The maximum atomic E-state index is 5.76. The summed E-state index contributed by atoms with van der Waals surface area (Å²) in [7, 11) is 0. The lowest BCUT2D eigenvalue weighted by atomic mass is 10.1. The molecule has 3 nitrogen and oxygen atoms in total. The highest BCUT2D eigenvalue weighted by Crippen LogP contribution is 2.16. The zero-order valence-electron chi connectivity index (χ0n) is 9.71. The van der Waals surface area contributed by atoms with E-state index in [4.69, 9.17) is 16.0 Å². The first kappa shape index (κ1) is 12.0. The summed E-state index contributed by atoms with van der Waals surface area (Å²) in [6.45, 7) is 6.35. The van der Waals surface area contributed by atoms with Gasteiger partial charge in [0.2, 0.25) is 0 Å². The zero-order valence-corrected chi connectivity index (χ0v) is 10.5. The van der Waals surface area contributed by atoms with E-state index in [0.717, 1.165) is 31.9 Å². The third kappa shape index (κ3) is 3.24. The highest BCUT2D eigenvalue weighted by atomic mass is 35.5. The van der Waals surface area contributed by atoms with Crippen molar-refractivity contribution >= 4 is 11.6 Å². The van der Waals surface area contributed by atoms with Gasteiger partial charge >= 0.3 is 0 Å². The van der Waals surface area contributed by atoms with Crippen molar-refractivity contribution in [2.24, 2.45) is 0 Å². The van der Waals surface area contributed by atoms with Crippen molar-refractivity contribution in [3.63, 3.8) is 0 Å². The molecule has 1 fully saturated rings. The number of nitrogens with one attached hydrogen (secondary N) is 1. The highest BCUT2D eigenvalue weighted by molar-refractivity contribution is 6.28. The molecule has 1 aromatic heterocycles. The topological polar surface area (TPSA) is 28.4 Å². The highest BCUT2D eigenvalue weighted by Gasteiger charge is 2.19. The predicted molar refractivity (Wildman–Crippen MR) is 65.7 cm³/mol. The van der Waals surface area contributed by atoms with Crippen LogP contribution in [0.3, 0.4) is 0 Å². The molecule has 1 saturated heterocycles. The Morgan fingerprint density at radius 2 is 2.44 bits per heavy atom. The van der Waals surface area contributed by atoms with Gasteiger partial charge in [-0.15, -0.1) is 0 Å². The Balaban J connectivity index is 1.85. The van der Waals surface area contributed by atoms with Crippen molar-refractivity contribution in [2.75, 3.05) is 19.6 Å². The van der Waals surface area contributed by atoms with E-state index in [0.29, 0.717) is 11.3 Å². The molecule has 0 amide bonds. The van der Waals surface area contributed by atoms with E-state index in [1.807, 2.05) is 12.1 Å². The lowest BCUT2D eigenvalue weighted by molar-refractivity contribution is 0.175. The predicted octanol–water partition coefficient (Wildman–Crippen LogP) is 2.51. The minimum atomic E-state index is 0.482. The number of hydrogen-bond acceptors (Lipinski definition) is 3. The normalized spacial score (nSPS) is 22.5. The van der Waals surface area contributed by atoms with Gasteiger partial charge in [0.15, 0.2) is 5.22 Å². The largest absolute Gasteiger partial charge is 0.448 e. The summed E-state index contributed by atoms with van der Waals surface area (Å²) in [6, 6.07) is 4.39. The van der Waals surface area contributed by atoms with E-state index < -0.39 is 0 Å². The minimum absolute atomic E-state index is 0.482. The summed E-state index contributed by atoms with van der Waals surface area (Å²) in [6.07, 6.45) is 2.48. The number of piperazine rings is 1. The Morgan fingerprint density at radius 3 is 3.12 bits per heavy atom. The van der Waals surface area contributed by atoms with Crippen molar-refractivity contribution in [1.82, 2.24) is 10.2 Å². The van der Waals surface area contributed by atoms with Crippen molar-refractivity contribution in [3.05, 3.63) is 23.1 Å². The van der Waals surface area contributed by atoms with Gasteiger partial charge in [-0.2, -0.15) is 0 Å². The van der Waals surface area contributed by atoms with Gasteiger partial charge in [-0.05, 0) is 30.2 Å². The van der Waals surface area contributed by atoms with Gasteiger partial charge in [-0.25, -0.2) is 0 Å². The molecular weight excluding hydrogens is 224 g/mol. The average Bonchev–Trinajstić information content (AvgIpc) is 2.65. The fourth-order valence-corrected chi connectivity index (χ4v) is 2.40.